The minimum absolute atomic E-state index is 0.120. The highest BCUT2D eigenvalue weighted by Crippen LogP contribution is 2.27. The number of anilines is 2. The summed E-state index contributed by atoms with van der Waals surface area (Å²) in [6.45, 7) is 1.24. The number of benzene rings is 1. The lowest BCUT2D eigenvalue weighted by Gasteiger charge is -2.18. The normalized spacial score (nSPS) is 21.5. The highest BCUT2D eigenvalue weighted by Gasteiger charge is 2.33. The van der Waals surface area contributed by atoms with Crippen LogP contribution in [0, 0.1) is 0 Å². The van der Waals surface area contributed by atoms with Gasteiger partial charge in [0.1, 0.15) is 6.10 Å². The molecule has 1 N–H and O–H groups in total. The molecule has 156 valence electrons. The average molecular weight is 490 g/mol. The van der Waals surface area contributed by atoms with E-state index >= 15 is 0 Å². The van der Waals surface area contributed by atoms with E-state index in [1.807, 2.05) is 18.2 Å². The van der Waals surface area contributed by atoms with Crippen LogP contribution in [0.15, 0.2) is 46.5 Å². The number of nitrogens with zero attached hydrogens (tertiary/aromatic N) is 2. The first kappa shape index (κ1) is 20.7. The molecule has 7 nitrogen and oxygen atoms in total. The largest absolute Gasteiger partial charge is 0.442 e. The van der Waals surface area contributed by atoms with Crippen molar-refractivity contribution in [3.63, 3.8) is 0 Å². The van der Waals surface area contributed by atoms with Crippen LogP contribution in [0.25, 0.3) is 0 Å². The van der Waals surface area contributed by atoms with Crippen LogP contribution in [0.2, 0.25) is 0 Å². The minimum Gasteiger partial charge on any atom is -0.442 e. The molecule has 0 saturated carbocycles. The molecule has 1 atom stereocenters. The summed E-state index contributed by atoms with van der Waals surface area (Å²) in [4.78, 5) is 40.5. The fourth-order valence-electron chi connectivity index (χ4n) is 3.64. The van der Waals surface area contributed by atoms with Crippen molar-refractivity contribution in [1.29, 1.82) is 0 Å². The predicted molar refractivity (Wildman–Crippen MR) is 121 cm³/mol. The Kier molecular flexibility index (Phi) is 6.01. The van der Waals surface area contributed by atoms with Gasteiger partial charge in [0, 0.05) is 40.1 Å². The van der Waals surface area contributed by atoms with Crippen molar-refractivity contribution in [2.24, 2.45) is 0 Å². The average Bonchev–Trinajstić information content (AvgIpc) is 3.33. The minimum atomic E-state index is -0.461. The van der Waals surface area contributed by atoms with Gasteiger partial charge in [0.15, 0.2) is 0 Å². The Morgan fingerprint density at radius 2 is 1.90 bits per heavy atom. The Morgan fingerprint density at radius 1 is 1.20 bits per heavy atom. The maximum Gasteiger partial charge on any atom is 0.414 e. The fourth-order valence-corrected chi connectivity index (χ4v) is 4.27. The number of thiocarbonyl (C=S) groups is 1. The quantitative estimate of drug-likeness (QED) is 0.642. The first-order valence-corrected chi connectivity index (χ1v) is 10.9. The number of carbonyl (C=O) groups is 3. The lowest BCUT2D eigenvalue weighted by atomic mass is 10.0. The van der Waals surface area contributed by atoms with Crippen LogP contribution < -0.4 is 15.1 Å². The summed E-state index contributed by atoms with van der Waals surface area (Å²) in [7, 11) is 0. The Hall–Kier alpha value is -2.52. The number of rotatable bonds is 5. The third-order valence-electron chi connectivity index (χ3n) is 5.22. The van der Waals surface area contributed by atoms with Crippen LogP contribution in [-0.2, 0) is 14.3 Å². The molecular weight excluding hydrogens is 470 g/mol. The first-order valence-electron chi connectivity index (χ1n) is 9.69. The van der Waals surface area contributed by atoms with Gasteiger partial charge < -0.3 is 15.0 Å². The van der Waals surface area contributed by atoms with E-state index in [1.54, 1.807) is 23.1 Å². The van der Waals surface area contributed by atoms with Crippen molar-refractivity contribution >= 4 is 62.3 Å². The third-order valence-corrected chi connectivity index (χ3v) is 6.16. The topological polar surface area (TPSA) is 79.0 Å². The number of hydrogen-bond donors (Lipinski definition) is 1. The molecule has 3 amide bonds. The molecule has 2 aliphatic heterocycles. The Labute approximate surface area is 187 Å². The summed E-state index contributed by atoms with van der Waals surface area (Å²) in [5.74, 6) is -0.159. The molecular formula is C21H20BrN3O4S. The Morgan fingerprint density at radius 3 is 2.57 bits per heavy atom. The molecule has 0 bridgehead atoms. The second-order valence-electron chi connectivity index (χ2n) is 7.27. The number of cyclic esters (lactones) is 1. The van der Waals surface area contributed by atoms with Crippen molar-refractivity contribution in [3.8, 4) is 0 Å². The van der Waals surface area contributed by atoms with Gasteiger partial charge in [0.05, 0.1) is 18.7 Å². The zero-order chi connectivity index (χ0) is 21.3. The van der Waals surface area contributed by atoms with Gasteiger partial charge in [-0.15, -0.1) is 0 Å². The number of carbonyl (C=O) groups excluding carboxylic acids is 3. The maximum absolute atomic E-state index is 12.4. The van der Waals surface area contributed by atoms with Crippen molar-refractivity contribution < 1.29 is 19.1 Å². The molecule has 3 aliphatic rings. The molecule has 0 spiro atoms. The van der Waals surface area contributed by atoms with Gasteiger partial charge >= 0.3 is 6.09 Å². The lowest BCUT2D eigenvalue weighted by Crippen LogP contribution is -2.36. The number of hydrogen-bond acceptors (Lipinski definition) is 5. The zero-order valence-corrected chi connectivity index (χ0v) is 18.5. The molecule has 1 aromatic rings. The van der Waals surface area contributed by atoms with Gasteiger partial charge in [-0.3, -0.25) is 14.5 Å². The monoisotopic (exact) mass is 489 g/mol. The SMILES string of the molecule is O=C(NCC1CN(c2ccc(N3CCCC3=O)cc2)C(=O)O1)C1=CC(Br)=CCC1=S. The number of nitrogens with one attached hydrogen (secondary N) is 1. The van der Waals surface area contributed by atoms with Gasteiger partial charge in [-0.05, 0) is 36.8 Å². The second-order valence-corrected chi connectivity index (χ2v) is 8.67. The summed E-state index contributed by atoms with van der Waals surface area (Å²) in [5, 5.41) is 2.80. The molecule has 1 aromatic carbocycles. The molecule has 2 heterocycles. The summed E-state index contributed by atoms with van der Waals surface area (Å²) in [6, 6.07) is 7.28. The van der Waals surface area contributed by atoms with E-state index in [2.05, 4.69) is 21.2 Å². The van der Waals surface area contributed by atoms with Gasteiger partial charge in [0.25, 0.3) is 5.91 Å². The van der Waals surface area contributed by atoms with Crippen LogP contribution in [-0.4, -0.2) is 48.5 Å². The van der Waals surface area contributed by atoms with Crippen LogP contribution in [0.4, 0.5) is 16.2 Å². The highest BCUT2D eigenvalue weighted by molar-refractivity contribution is 9.11. The Balaban J connectivity index is 1.35. The standard InChI is InChI=1S/C21H20BrN3O4S/c22-13-3-8-18(30)17(10-13)20(27)23-11-16-12-25(21(28)29-16)15-6-4-14(5-7-15)24-9-1-2-19(24)26/h3-7,10,16H,1-2,8-9,11-12H2,(H,23,27). The van der Waals surface area contributed by atoms with E-state index in [-0.39, 0.29) is 18.4 Å². The van der Waals surface area contributed by atoms with Gasteiger partial charge in [-0.1, -0.05) is 34.2 Å². The van der Waals surface area contributed by atoms with Crippen LogP contribution in [0.5, 0.6) is 0 Å². The molecule has 1 aliphatic carbocycles. The molecule has 0 radical (unpaired) electrons. The van der Waals surface area contributed by atoms with E-state index in [9.17, 15) is 14.4 Å². The van der Waals surface area contributed by atoms with E-state index in [0.717, 1.165) is 23.1 Å². The summed E-state index contributed by atoms with van der Waals surface area (Å²) < 4.78 is 6.21. The number of ether oxygens (including phenoxy) is 1. The van der Waals surface area contributed by atoms with Crippen molar-refractivity contribution in [2.45, 2.75) is 25.4 Å². The molecule has 1 unspecified atom stereocenters. The summed E-state index contributed by atoms with van der Waals surface area (Å²) in [5.41, 5.74) is 1.97. The van der Waals surface area contributed by atoms with Crippen molar-refractivity contribution in [1.82, 2.24) is 5.32 Å². The van der Waals surface area contributed by atoms with Crippen LogP contribution >= 0.6 is 28.1 Å². The van der Waals surface area contributed by atoms with Gasteiger partial charge in [-0.2, -0.15) is 0 Å². The predicted octanol–water partition coefficient (Wildman–Crippen LogP) is 3.23. The number of amides is 3. The maximum atomic E-state index is 12.4. The second kappa shape index (κ2) is 8.69. The lowest BCUT2D eigenvalue weighted by molar-refractivity contribution is -0.118. The van der Waals surface area contributed by atoms with Gasteiger partial charge in [0.2, 0.25) is 5.91 Å². The van der Waals surface area contributed by atoms with Crippen LogP contribution in [0.1, 0.15) is 19.3 Å². The molecule has 30 heavy (non-hydrogen) atoms. The number of halogens is 1. The fraction of sp³-hybridized carbons (Fsp3) is 0.333. The van der Waals surface area contributed by atoms with E-state index < -0.39 is 12.2 Å². The van der Waals surface area contributed by atoms with Crippen molar-refractivity contribution in [2.75, 3.05) is 29.4 Å². The third kappa shape index (κ3) is 4.32. The van der Waals surface area contributed by atoms with E-state index in [4.69, 9.17) is 17.0 Å². The zero-order valence-electron chi connectivity index (χ0n) is 16.1. The number of allylic oxidation sites excluding steroid dienone is 3. The molecule has 9 heteroatoms. The van der Waals surface area contributed by atoms with Crippen LogP contribution in [0.3, 0.4) is 0 Å². The highest BCUT2D eigenvalue weighted by atomic mass is 79.9. The molecule has 2 fully saturated rings. The van der Waals surface area contributed by atoms with Crippen molar-refractivity contribution in [3.05, 3.63) is 46.5 Å². The molecule has 4 rings (SSSR count). The van der Waals surface area contributed by atoms with E-state index in [0.29, 0.717) is 35.5 Å². The smallest absolute Gasteiger partial charge is 0.414 e. The van der Waals surface area contributed by atoms with Gasteiger partial charge in [-0.25, -0.2) is 4.79 Å². The first-order chi connectivity index (χ1) is 14.4. The summed E-state index contributed by atoms with van der Waals surface area (Å²) >= 11 is 8.61. The van der Waals surface area contributed by atoms with E-state index in [1.165, 1.54) is 4.90 Å². The molecule has 2 saturated heterocycles. The summed E-state index contributed by atoms with van der Waals surface area (Å²) in [6.07, 6.45) is 4.65. The molecule has 0 aromatic heterocycles. The Bertz CT molecular complexity index is 973.